The van der Waals surface area contributed by atoms with Gasteiger partial charge in [0.25, 0.3) is 10.0 Å². The van der Waals surface area contributed by atoms with Gasteiger partial charge >= 0.3 is 0 Å². The predicted molar refractivity (Wildman–Crippen MR) is 107 cm³/mol. The molecule has 0 aliphatic carbocycles. The van der Waals surface area contributed by atoms with Gasteiger partial charge in [0.05, 0.1) is 16.3 Å². The number of rotatable bonds is 4. The highest BCUT2D eigenvalue weighted by atomic mass is 32.2. The quantitative estimate of drug-likeness (QED) is 0.702. The number of aromatic nitrogens is 4. The Balaban J connectivity index is 1.67. The molecule has 4 rings (SSSR count). The minimum absolute atomic E-state index is 0.0466. The van der Waals surface area contributed by atoms with Crippen LogP contribution in [-0.4, -0.2) is 41.1 Å². The zero-order valence-corrected chi connectivity index (χ0v) is 16.8. The first-order valence-electron chi connectivity index (χ1n) is 9.13. The van der Waals surface area contributed by atoms with Crippen LogP contribution in [0.4, 0.5) is 11.4 Å². The fraction of sp³-hybridized carbons (Fsp3) is 0.263. The smallest absolute Gasteiger partial charge is 0.261 e. The Labute approximate surface area is 168 Å². The SMILES string of the molecule is CC(=O)N1CCCc2cc(S(=O)(=O)Nc3cccc(-n4cnnn4)c3C)ccc21. The third kappa shape index (κ3) is 3.58. The standard InChI is InChI=1S/C19H20N6O3S/c1-13-17(6-3-7-18(13)25-12-20-22-23-25)21-29(27,28)16-8-9-19-15(11-16)5-4-10-24(19)14(2)26/h3,6-9,11-12,21H,4-5,10H2,1-2H3. The first-order valence-corrected chi connectivity index (χ1v) is 10.6. The molecule has 0 unspecified atom stereocenters. The molecule has 0 spiro atoms. The molecule has 150 valence electrons. The van der Waals surface area contributed by atoms with Gasteiger partial charge in [-0.2, -0.15) is 0 Å². The maximum absolute atomic E-state index is 13.0. The number of nitrogens with one attached hydrogen (secondary N) is 1. The van der Waals surface area contributed by atoms with Crippen molar-refractivity contribution in [3.8, 4) is 5.69 Å². The molecule has 1 aliphatic heterocycles. The van der Waals surface area contributed by atoms with Crippen molar-refractivity contribution in [1.82, 2.24) is 20.2 Å². The molecule has 1 aliphatic rings. The third-order valence-corrected chi connectivity index (χ3v) is 6.37. The molecule has 0 saturated heterocycles. The van der Waals surface area contributed by atoms with Crippen molar-refractivity contribution in [2.24, 2.45) is 0 Å². The second-order valence-electron chi connectivity index (χ2n) is 6.87. The number of hydrogen-bond acceptors (Lipinski definition) is 6. The summed E-state index contributed by atoms with van der Waals surface area (Å²) in [5.41, 5.74) is 3.45. The molecular formula is C19H20N6O3S. The Kier molecular flexibility index (Phi) is 4.79. The second kappa shape index (κ2) is 7.28. The number of hydrogen-bond donors (Lipinski definition) is 1. The molecule has 10 heteroatoms. The van der Waals surface area contributed by atoms with E-state index in [9.17, 15) is 13.2 Å². The van der Waals surface area contributed by atoms with Gasteiger partial charge in [0.15, 0.2) is 0 Å². The van der Waals surface area contributed by atoms with E-state index < -0.39 is 10.0 Å². The van der Waals surface area contributed by atoms with E-state index in [-0.39, 0.29) is 10.8 Å². The largest absolute Gasteiger partial charge is 0.312 e. The van der Waals surface area contributed by atoms with E-state index >= 15 is 0 Å². The van der Waals surface area contributed by atoms with E-state index in [4.69, 9.17) is 0 Å². The van der Waals surface area contributed by atoms with Crippen LogP contribution in [0.3, 0.4) is 0 Å². The maximum atomic E-state index is 13.0. The van der Waals surface area contributed by atoms with Crippen molar-refractivity contribution in [3.63, 3.8) is 0 Å². The molecule has 9 nitrogen and oxygen atoms in total. The van der Waals surface area contributed by atoms with Crippen LogP contribution in [0.2, 0.25) is 0 Å². The minimum Gasteiger partial charge on any atom is -0.312 e. The molecule has 0 fully saturated rings. The van der Waals surface area contributed by atoms with Gasteiger partial charge in [-0.1, -0.05) is 6.07 Å². The van der Waals surface area contributed by atoms with Crippen molar-refractivity contribution < 1.29 is 13.2 Å². The fourth-order valence-corrected chi connectivity index (χ4v) is 4.70. The Morgan fingerprint density at radius 2 is 2.00 bits per heavy atom. The van der Waals surface area contributed by atoms with Crippen molar-refractivity contribution in [3.05, 3.63) is 53.9 Å². The van der Waals surface area contributed by atoms with Crippen LogP contribution in [0, 0.1) is 6.92 Å². The number of sulfonamides is 1. The van der Waals surface area contributed by atoms with E-state index in [2.05, 4.69) is 20.2 Å². The lowest BCUT2D eigenvalue weighted by Crippen LogP contribution is -2.33. The lowest BCUT2D eigenvalue weighted by Gasteiger charge is -2.28. The first kappa shape index (κ1) is 19.1. The summed E-state index contributed by atoms with van der Waals surface area (Å²) in [5.74, 6) is -0.0466. The molecule has 0 bridgehead atoms. The molecule has 0 radical (unpaired) electrons. The van der Waals surface area contributed by atoms with E-state index in [1.807, 2.05) is 0 Å². The highest BCUT2D eigenvalue weighted by Gasteiger charge is 2.23. The van der Waals surface area contributed by atoms with E-state index in [0.29, 0.717) is 23.5 Å². The number of anilines is 2. The lowest BCUT2D eigenvalue weighted by atomic mass is 10.0. The summed E-state index contributed by atoms with van der Waals surface area (Å²) in [6, 6.07) is 10.1. The molecule has 1 aromatic heterocycles. The number of fused-ring (bicyclic) bond motifs is 1. The summed E-state index contributed by atoms with van der Waals surface area (Å²) in [5, 5.41) is 11.1. The lowest BCUT2D eigenvalue weighted by molar-refractivity contribution is -0.116. The summed E-state index contributed by atoms with van der Waals surface area (Å²) in [6.45, 7) is 3.96. The number of tetrazole rings is 1. The number of aryl methyl sites for hydroxylation is 1. The number of nitrogens with zero attached hydrogens (tertiary/aromatic N) is 5. The van der Waals surface area contributed by atoms with Crippen LogP contribution in [0.15, 0.2) is 47.6 Å². The van der Waals surface area contributed by atoms with Crippen molar-refractivity contribution in [2.45, 2.75) is 31.6 Å². The van der Waals surface area contributed by atoms with Crippen molar-refractivity contribution in [1.29, 1.82) is 0 Å². The molecule has 29 heavy (non-hydrogen) atoms. The summed E-state index contributed by atoms with van der Waals surface area (Å²) >= 11 is 0. The van der Waals surface area contributed by atoms with Crippen molar-refractivity contribution >= 4 is 27.3 Å². The van der Waals surface area contributed by atoms with Crippen LogP contribution in [0.25, 0.3) is 5.69 Å². The number of carbonyl (C=O) groups is 1. The molecular weight excluding hydrogens is 392 g/mol. The van der Waals surface area contributed by atoms with Gasteiger partial charge in [0.2, 0.25) is 5.91 Å². The Hall–Kier alpha value is -3.27. The summed E-state index contributed by atoms with van der Waals surface area (Å²) in [6.07, 6.45) is 2.98. The van der Waals surface area contributed by atoms with Gasteiger partial charge in [-0.25, -0.2) is 13.1 Å². The third-order valence-electron chi connectivity index (χ3n) is 5.01. The second-order valence-corrected chi connectivity index (χ2v) is 8.56. The van der Waals surface area contributed by atoms with Crippen molar-refractivity contribution in [2.75, 3.05) is 16.2 Å². The summed E-state index contributed by atoms with van der Waals surface area (Å²) < 4.78 is 30.2. The van der Waals surface area contributed by atoms with Gasteiger partial charge in [0, 0.05) is 19.2 Å². The molecule has 3 aromatic rings. The van der Waals surface area contributed by atoms with Crippen LogP contribution in [0.5, 0.6) is 0 Å². The maximum Gasteiger partial charge on any atom is 0.261 e. The number of carbonyl (C=O) groups excluding carboxylic acids is 1. The molecule has 0 saturated carbocycles. The average molecular weight is 412 g/mol. The zero-order valence-electron chi connectivity index (χ0n) is 16.0. The van der Waals surface area contributed by atoms with Gasteiger partial charge < -0.3 is 4.90 Å². The molecule has 0 atom stereocenters. The van der Waals surface area contributed by atoms with Gasteiger partial charge in [0.1, 0.15) is 6.33 Å². The Morgan fingerprint density at radius 3 is 2.72 bits per heavy atom. The predicted octanol–water partition coefficient (Wildman–Crippen LogP) is 2.07. The van der Waals surface area contributed by atoms with Gasteiger partial charge in [-0.15, -0.1) is 5.10 Å². The van der Waals surface area contributed by atoms with Crippen LogP contribution >= 0.6 is 0 Å². The van der Waals surface area contributed by atoms with E-state index in [0.717, 1.165) is 24.1 Å². The fourth-order valence-electron chi connectivity index (χ4n) is 3.53. The zero-order chi connectivity index (χ0) is 20.6. The average Bonchev–Trinajstić information content (AvgIpc) is 3.23. The highest BCUT2D eigenvalue weighted by molar-refractivity contribution is 7.92. The van der Waals surface area contributed by atoms with Crippen LogP contribution in [0.1, 0.15) is 24.5 Å². The highest BCUT2D eigenvalue weighted by Crippen LogP contribution is 2.31. The first-order chi connectivity index (χ1) is 13.9. The minimum atomic E-state index is -3.81. The van der Waals surface area contributed by atoms with E-state index in [1.165, 1.54) is 24.0 Å². The van der Waals surface area contributed by atoms with Gasteiger partial charge in [-0.3, -0.25) is 9.52 Å². The molecule has 2 heterocycles. The van der Waals surface area contributed by atoms with Crippen LogP contribution in [-0.2, 0) is 21.2 Å². The topological polar surface area (TPSA) is 110 Å². The monoisotopic (exact) mass is 412 g/mol. The summed E-state index contributed by atoms with van der Waals surface area (Å²) in [7, 11) is -3.81. The molecule has 1 amide bonds. The normalized spacial score (nSPS) is 13.8. The summed E-state index contributed by atoms with van der Waals surface area (Å²) in [4.78, 5) is 13.7. The Morgan fingerprint density at radius 1 is 1.17 bits per heavy atom. The number of benzene rings is 2. The molecule has 1 N–H and O–H groups in total. The molecule has 2 aromatic carbocycles. The Bertz CT molecular complexity index is 1170. The van der Waals surface area contributed by atoms with E-state index in [1.54, 1.807) is 42.2 Å². The van der Waals surface area contributed by atoms with Crippen LogP contribution < -0.4 is 9.62 Å². The van der Waals surface area contributed by atoms with Gasteiger partial charge in [-0.05, 0) is 71.7 Å². The number of amides is 1.